The van der Waals surface area contributed by atoms with Gasteiger partial charge in [0.1, 0.15) is 0 Å². The Kier molecular flexibility index (Phi) is 3.96. The summed E-state index contributed by atoms with van der Waals surface area (Å²) in [5.41, 5.74) is 0. The zero-order valence-corrected chi connectivity index (χ0v) is 10.4. The molecule has 88 valence electrons. The van der Waals surface area contributed by atoms with Crippen LogP contribution >= 0.6 is 11.3 Å². The van der Waals surface area contributed by atoms with E-state index in [1.54, 1.807) is 11.3 Å². The molecule has 0 aromatic carbocycles. The van der Waals surface area contributed by atoms with Gasteiger partial charge in [-0.15, -0.1) is 11.3 Å². The van der Waals surface area contributed by atoms with Gasteiger partial charge < -0.3 is 10.6 Å². The average Bonchev–Trinajstić information content (AvgIpc) is 2.54. The highest BCUT2D eigenvalue weighted by Gasteiger charge is 2.16. The summed E-state index contributed by atoms with van der Waals surface area (Å²) >= 11 is 1.56. The van der Waals surface area contributed by atoms with Crippen LogP contribution in [0.2, 0.25) is 0 Å². The second kappa shape index (κ2) is 5.46. The number of rotatable bonds is 2. The van der Waals surface area contributed by atoms with E-state index in [9.17, 15) is 4.79 Å². The highest BCUT2D eigenvalue weighted by Crippen LogP contribution is 2.15. The summed E-state index contributed by atoms with van der Waals surface area (Å²) in [7, 11) is 0. The summed E-state index contributed by atoms with van der Waals surface area (Å²) in [6, 6.07) is 4.18. The van der Waals surface area contributed by atoms with Crippen LogP contribution in [0.15, 0.2) is 12.1 Å². The Bertz CT molecular complexity index is 354. The molecule has 16 heavy (non-hydrogen) atoms. The molecule has 1 fully saturated rings. The van der Waals surface area contributed by atoms with E-state index in [-0.39, 0.29) is 11.9 Å². The lowest BCUT2D eigenvalue weighted by Crippen LogP contribution is -2.40. The predicted octanol–water partition coefficient (Wildman–Crippen LogP) is 1.93. The summed E-state index contributed by atoms with van der Waals surface area (Å²) in [6.45, 7) is 4.00. The minimum Gasteiger partial charge on any atom is -0.347 e. The van der Waals surface area contributed by atoms with Crippen molar-refractivity contribution in [3.8, 4) is 0 Å². The first kappa shape index (κ1) is 11.6. The van der Waals surface area contributed by atoms with Gasteiger partial charge in [0.25, 0.3) is 5.91 Å². The molecule has 2 N–H and O–H groups in total. The molecule has 0 aliphatic carbocycles. The molecule has 1 aromatic heterocycles. The molecule has 1 aliphatic heterocycles. The SMILES string of the molecule is Cc1ccc(C(=O)NC2CCCCNC2)s1. The van der Waals surface area contributed by atoms with Crippen LogP contribution in [-0.4, -0.2) is 25.0 Å². The normalized spacial score (nSPS) is 21.4. The number of amides is 1. The van der Waals surface area contributed by atoms with Crippen molar-refractivity contribution in [2.24, 2.45) is 0 Å². The van der Waals surface area contributed by atoms with E-state index in [1.807, 2.05) is 19.1 Å². The summed E-state index contributed by atoms with van der Waals surface area (Å²) in [5.74, 6) is 0.0757. The van der Waals surface area contributed by atoms with Gasteiger partial charge in [-0.05, 0) is 38.4 Å². The molecule has 4 heteroatoms. The average molecular weight is 238 g/mol. The largest absolute Gasteiger partial charge is 0.347 e. The van der Waals surface area contributed by atoms with Gasteiger partial charge in [-0.1, -0.05) is 6.42 Å². The van der Waals surface area contributed by atoms with Crippen LogP contribution in [0.25, 0.3) is 0 Å². The molecule has 1 amide bonds. The van der Waals surface area contributed by atoms with Crippen molar-refractivity contribution in [2.45, 2.75) is 32.2 Å². The quantitative estimate of drug-likeness (QED) is 0.826. The van der Waals surface area contributed by atoms with E-state index in [0.29, 0.717) is 0 Å². The Balaban J connectivity index is 1.90. The molecule has 0 radical (unpaired) electrons. The molecule has 1 aromatic rings. The third-order valence-corrected chi connectivity index (χ3v) is 3.85. The Hall–Kier alpha value is -0.870. The fourth-order valence-electron chi connectivity index (χ4n) is 1.96. The third kappa shape index (κ3) is 3.06. The monoisotopic (exact) mass is 238 g/mol. The second-order valence-corrected chi connectivity index (χ2v) is 5.57. The minimum absolute atomic E-state index is 0.0757. The van der Waals surface area contributed by atoms with E-state index >= 15 is 0 Å². The maximum atomic E-state index is 11.9. The van der Waals surface area contributed by atoms with E-state index < -0.39 is 0 Å². The Morgan fingerprint density at radius 1 is 1.50 bits per heavy atom. The van der Waals surface area contributed by atoms with E-state index in [0.717, 1.165) is 24.4 Å². The Morgan fingerprint density at radius 3 is 3.12 bits per heavy atom. The number of hydrogen-bond donors (Lipinski definition) is 2. The van der Waals surface area contributed by atoms with E-state index in [2.05, 4.69) is 10.6 Å². The minimum atomic E-state index is 0.0757. The molecule has 2 rings (SSSR count). The molecule has 0 saturated carbocycles. The van der Waals surface area contributed by atoms with Crippen molar-refractivity contribution in [1.29, 1.82) is 0 Å². The van der Waals surface area contributed by atoms with Crippen LogP contribution < -0.4 is 10.6 Å². The highest BCUT2D eigenvalue weighted by atomic mass is 32.1. The molecule has 1 saturated heterocycles. The third-order valence-electron chi connectivity index (χ3n) is 2.85. The van der Waals surface area contributed by atoms with Crippen LogP contribution in [0.5, 0.6) is 0 Å². The van der Waals surface area contributed by atoms with Gasteiger partial charge in [-0.2, -0.15) is 0 Å². The van der Waals surface area contributed by atoms with Crippen molar-refractivity contribution in [1.82, 2.24) is 10.6 Å². The number of carbonyl (C=O) groups excluding carboxylic acids is 1. The van der Waals surface area contributed by atoms with Crippen molar-refractivity contribution >= 4 is 17.2 Å². The van der Waals surface area contributed by atoms with Gasteiger partial charge in [0.15, 0.2) is 0 Å². The van der Waals surface area contributed by atoms with Crippen LogP contribution in [0.3, 0.4) is 0 Å². The first-order valence-electron chi connectivity index (χ1n) is 5.84. The summed E-state index contributed by atoms with van der Waals surface area (Å²) in [6.07, 6.45) is 3.50. The van der Waals surface area contributed by atoms with E-state index in [1.165, 1.54) is 17.7 Å². The molecule has 0 spiro atoms. The number of aryl methyl sites for hydroxylation is 1. The molecular weight excluding hydrogens is 220 g/mol. The Labute approximate surface area is 100 Å². The maximum absolute atomic E-state index is 11.9. The molecular formula is C12H18N2OS. The molecule has 0 bridgehead atoms. The molecule has 3 nitrogen and oxygen atoms in total. The van der Waals surface area contributed by atoms with Crippen molar-refractivity contribution < 1.29 is 4.79 Å². The summed E-state index contributed by atoms with van der Waals surface area (Å²) < 4.78 is 0. The van der Waals surface area contributed by atoms with Gasteiger partial charge in [0, 0.05) is 17.5 Å². The van der Waals surface area contributed by atoms with Gasteiger partial charge in [0.05, 0.1) is 4.88 Å². The van der Waals surface area contributed by atoms with Crippen LogP contribution in [0.4, 0.5) is 0 Å². The molecule has 2 heterocycles. The fraction of sp³-hybridized carbons (Fsp3) is 0.583. The smallest absolute Gasteiger partial charge is 0.261 e. The maximum Gasteiger partial charge on any atom is 0.261 e. The lowest BCUT2D eigenvalue weighted by Gasteiger charge is -2.15. The van der Waals surface area contributed by atoms with Gasteiger partial charge in [-0.25, -0.2) is 0 Å². The van der Waals surface area contributed by atoms with Gasteiger partial charge >= 0.3 is 0 Å². The number of nitrogens with one attached hydrogen (secondary N) is 2. The van der Waals surface area contributed by atoms with E-state index in [4.69, 9.17) is 0 Å². The van der Waals surface area contributed by atoms with Gasteiger partial charge in [0.2, 0.25) is 0 Å². The number of thiophene rings is 1. The topological polar surface area (TPSA) is 41.1 Å². The summed E-state index contributed by atoms with van der Waals surface area (Å²) in [4.78, 5) is 13.9. The standard InChI is InChI=1S/C12H18N2OS/c1-9-5-6-11(16-9)12(15)14-10-4-2-3-7-13-8-10/h5-6,10,13H,2-4,7-8H2,1H3,(H,14,15). The van der Waals surface area contributed by atoms with Crippen LogP contribution in [-0.2, 0) is 0 Å². The lowest BCUT2D eigenvalue weighted by atomic mass is 10.1. The van der Waals surface area contributed by atoms with Crippen molar-refractivity contribution in [3.63, 3.8) is 0 Å². The molecule has 1 unspecified atom stereocenters. The first-order valence-corrected chi connectivity index (χ1v) is 6.65. The van der Waals surface area contributed by atoms with Gasteiger partial charge in [-0.3, -0.25) is 4.79 Å². The fourth-order valence-corrected chi connectivity index (χ4v) is 2.73. The highest BCUT2D eigenvalue weighted by molar-refractivity contribution is 7.13. The van der Waals surface area contributed by atoms with Crippen molar-refractivity contribution in [3.05, 3.63) is 21.9 Å². The lowest BCUT2D eigenvalue weighted by molar-refractivity contribution is 0.0939. The zero-order valence-electron chi connectivity index (χ0n) is 9.58. The summed E-state index contributed by atoms with van der Waals surface area (Å²) in [5, 5.41) is 6.45. The molecule has 1 aliphatic rings. The van der Waals surface area contributed by atoms with Crippen LogP contribution in [0, 0.1) is 6.92 Å². The number of hydrogen-bond acceptors (Lipinski definition) is 3. The second-order valence-electron chi connectivity index (χ2n) is 4.28. The first-order chi connectivity index (χ1) is 7.75. The zero-order chi connectivity index (χ0) is 11.4. The molecule has 1 atom stereocenters. The van der Waals surface area contributed by atoms with Crippen molar-refractivity contribution in [2.75, 3.05) is 13.1 Å². The Morgan fingerprint density at radius 2 is 2.38 bits per heavy atom. The predicted molar refractivity (Wildman–Crippen MR) is 67.0 cm³/mol. The van der Waals surface area contributed by atoms with Crippen LogP contribution in [0.1, 0.15) is 33.8 Å². The number of carbonyl (C=O) groups is 1.